The molecule has 17 heavy (non-hydrogen) atoms. The molecule has 0 heterocycles. The van der Waals surface area contributed by atoms with Crippen LogP contribution in [0.2, 0.25) is 0 Å². The van der Waals surface area contributed by atoms with Crippen molar-refractivity contribution in [1.29, 1.82) is 0 Å². The van der Waals surface area contributed by atoms with Gasteiger partial charge in [-0.1, -0.05) is 83.2 Å². The monoisotopic (exact) mass is 230 g/mol. The summed E-state index contributed by atoms with van der Waals surface area (Å²) in [4.78, 5) is 0. The fourth-order valence-electron chi connectivity index (χ4n) is 1.66. The van der Waals surface area contributed by atoms with E-state index in [9.17, 15) is 0 Å². The number of hydrogen-bond donors (Lipinski definition) is 0. The van der Waals surface area contributed by atoms with Gasteiger partial charge in [-0.2, -0.15) is 0 Å². The van der Waals surface area contributed by atoms with Crippen LogP contribution in [-0.4, -0.2) is 0 Å². The Hall–Kier alpha value is -1.30. The molecule has 0 N–H and O–H groups in total. The molecule has 2 rings (SSSR count). The molecular formula is C17H26. The number of rotatable bonds is 1. The first-order valence-corrected chi connectivity index (χ1v) is 6.80. The molecule has 0 aromatic heterocycles. The number of benzene rings is 1. The topological polar surface area (TPSA) is 0 Å². The first-order valence-electron chi connectivity index (χ1n) is 6.80. The number of hydrogen-bond acceptors (Lipinski definition) is 0. The summed E-state index contributed by atoms with van der Waals surface area (Å²) in [6.45, 7) is 10.3. The largest absolute Gasteiger partial charge is 0.0834 e. The standard InChI is InChI=1S/C13H14.2C2H6/c1-11-6-5-9-13(10-11)12-7-3-2-4-8-12;2*1-2/h2-5,7-11H,6H2,1H3;2*1-2H3. The van der Waals surface area contributed by atoms with Gasteiger partial charge in [0.2, 0.25) is 0 Å². The summed E-state index contributed by atoms with van der Waals surface area (Å²) >= 11 is 0. The second-order valence-corrected chi connectivity index (χ2v) is 3.60. The van der Waals surface area contributed by atoms with Crippen molar-refractivity contribution >= 4 is 5.57 Å². The third kappa shape index (κ3) is 5.53. The molecule has 1 aromatic rings. The first-order chi connectivity index (χ1) is 8.36. The SMILES string of the molecule is CC.CC.CC1C=C(c2ccccc2)C=CC1. The van der Waals surface area contributed by atoms with Crippen LogP contribution in [0.4, 0.5) is 0 Å². The van der Waals surface area contributed by atoms with Gasteiger partial charge in [0.1, 0.15) is 0 Å². The van der Waals surface area contributed by atoms with E-state index in [0.717, 1.165) is 0 Å². The molecule has 0 heteroatoms. The Bertz CT molecular complexity index is 330. The third-order valence-corrected chi connectivity index (χ3v) is 2.38. The summed E-state index contributed by atoms with van der Waals surface area (Å²) in [5.41, 5.74) is 2.68. The smallest absolute Gasteiger partial charge is 0.0187 e. The van der Waals surface area contributed by atoms with Crippen LogP contribution in [0.3, 0.4) is 0 Å². The zero-order valence-corrected chi connectivity index (χ0v) is 11.9. The Kier molecular flexibility index (Phi) is 9.14. The van der Waals surface area contributed by atoms with Crippen molar-refractivity contribution in [3.05, 3.63) is 54.1 Å². The van der Waals surface area contributed by atoms with E-state index in [0.29, 0.717) is 5.92 Å². The minimum atomic E-state index is 0.681. The zero-order chi connectivity index (χ0) is 13.1. The molecule has 1 aromatic carbocycles. The fourth-order valence-corrected chi connectivity index (χ4v) is 1.66. The lowest BCUT2D eigenvalue weighted by Crippen LogP contribution is -1.94. The minimum absolute atomic E-state index is 0.681. The highest BCUT2D eigenvalue weighted by Crippen LogP contribution is 2.23. The molecule has 0 fully saturated rings. The first kappa shape index (κ1) is 15.7. The van der Waals surface area contributed by atoms with Crippen molar-refractivity contribution in [2.75, 3.05) is 0 Å². The van der Waals surface area contributed by atoms with Gasteiger partial charge in [0.05, 0.1) is 0 Å². The second kappa shape index (κ2) is 9.89. The molecule has 1 unspecified atom stereocenters. The van der Waals surface area contributed by atoms with Crippen LogP contribution in [0.5, 0.6) is 0 Å². The Balaban J connectivity index is 0.000000581. The average molecular weight is 230 g/mol. The predicted molar refractivity (Wildman–Crippen MR) is 80.0 cm³/mol. The highest BCUT2D eigenvalue weighted by Gasteiger charge is 2.04. The second-order valence-electron chi connectivity index (χ2n) is 3.60. The van der Waals surface area contributed by atoms with Crippen molar-refractivity contribution in [1.82, 2.24) is 0 Å². The molecule has 0 aliphatic heterocycles. The molecule has 0 saturated heterocycles. The summed E-state index contributed by atoms with van der Waals surface area (Å²) in [7, 11) is 0. The summed E-state index contributed by atoms with van der Waals surface area (Å²) in [5.74, 6) is 0.681. The van der Waals surface area contributed by atoms with Crippen LogP contribution in [0.15, 0.2) is 48.6 Å². The molecule has 0 radical (unpaired) electrons. The van der Waals surface area contributed by atoms with E-state index in [4.69, 9.17) is 0 Å². The lowest BCUT2D eigenvalue weighted by atomic mass is 9.94. The van der Waals surface area contributed by atoms with Gasteiger partial charge in [-0.05, 0) is 23.5 Å². The van der Waals surface area contributed by atoms with Gasteiger partial charge >= 0.3 is 0 Å². The molecule has 1 atom stereocenters. The summed E-state index contributed by atoms with van der Waals surface area (Å²) in [6, 6.07) is 10.6. The van der Waals surface area contributed by atoms with E-state index in [2.05, 4.69) is 55.5 Å². The third-order valence-electron chi connectivity index (χ3n) is 2.38. The Labute approximate surface area is 107 Å². The molecule has 0 amide bonds. The zero-order valence-electron chi connectivity index (χ0n) is 11.9. The van der Waals surface area contributed by atoms with Gasteiger partial charge in [-0.3, -0.25) is 0 Å². The Morgan fingerprint density at radius 1 is 0.941 bits per heavy atom. The van der Waals surface area contributed by atoms with Crippen molar-refractivity contribution < 1.29 is 0 Å². The van der Waals surface area contributed by atoms with Gasteiger partial charge in [0.25, 0.3) is 0 Å². The highest BCUT2D eigenvalue weighted by atomic mass is 14.1. The molecular weight excluding hydrogens is 204 g/mol. The molecule has 0 bridgehead atoms. The maximum Gasteiger partial charge on any atom is -0.0187 e. The van der Waals surface area contributed by atoms with Crippen LogP contribution in [0.25, 0.3) is 5.57 Å². The minimum Gasteiger partial charge on any atom is -0.0834 e. The lowest BCUT2D eigenvalue weighted by Gasteiger charge is -2.12. The quantitative estimate of drug-likeness (QED) is 0.579. The summed E-state index contributed by atoms with van der Waals surface area (Å²) in [6.07, 6.45) is 7.99. The van der Waals surface area contributed by atoms with E-state index < -0.39 is 0 Å². The van der Waals surface area contributed by atoms with Crippen molar-refractivity contribution in [3.63, 3.8) is 0 Å². The highest BCUT2D eigenvalue weighted by molar-refractivity contribution is 5.74. The molecule has 0 nitrogen and oxygen atoms in total. The summed E-state index contributed by atoms with van der Waals surface area (Å²) in [5, 5.41) is 0. The van der Waals surface area contributed by atoms with E-state index in [-0.39, 0.29) is 0 Å². The molecule has 1 aliphatic rings. The van der Waals surface area contributed by atoms with E-state index in [1.807, 2.05) is 27.7 Å². The van der Waals surface area contributed by atoms with Gasteiger partial charge in [0, 0.05) is 0 Å². The van der Waals surface area contributed by atoms with Crippen LogP contribution >= 0.6 is 0 Å². The van der Waals surface area contributed by atoms with E-state index >= 15 is 0 Å². The molecule has 94 valence electrons. The number of allylic oxidation sites excluding steroid dienone is 4. The van der Waals surface area contributed by atoms with Gasteiger partial charge in [0.15, 0.2) is 0 Å². The normalized spacial score (nSPS) is 17.0. The van der Waals surface area contributed by atoms with Crippen LogP contribution in [0, 0.1) is 5.92 Å². The van der Waals surface area contributed by atoms with Gasteiger partial charge in [-0.25, -0.2) is 0 Å². The fraction of sp³-hybridized carbons (Fsp3) is 0.412. The predicted octanol–water partition coefficient (Wildman–Crippen LogP) is 5.72. The van der Waals surface area contributed by atoms with Crippen molar-refractivity contribution in [2.24, 2.45) is 5.92 Å². The van der Waals surface area contributed by atoms with E-state index in [1.165, 1.54) is 17.6 Å². The van der Waals surface area contributed by atoms with Crippen LogP contribution in [-0.2, 0) is 0 Å². The van der Waals surface area contributed by atoms with Gasteiger partial charge in [-0.15, -0.1) is 0 Å². The van der Waals surface area contributed by atoms with Crippen molar-refractivity contribution in [3.8, 4) is 0 Å². The van der Waals surface area contributed by atoms with Crippen LogP contribution in [0.1, 0.15) is 46.6 Å². The maximum atomic E-state index is 2.34. The van der Waals surface area contributed by atoms with Gasteiger partial charge < -0.3 is 0 Å². The van der Waals surface area contributed by atoms with Crippen molar-refractivity contribution in [2.45, 2.75) is 41.0 Å². The maximum absolute atomic E-state index is 2.34. The average Bonchev–Trinajstić information content (AvgIpc) is 2.44. The Morgan fingerprint density at radius 2 is 1.53 bits per heavy atom. The lowest BCUT2D eigenvalue weighted by molar-refractivity contribution is 0.740. The Morgan fingerprint density at radius 3 is 2.06 bits per heavy atom. The molecule has 1 aliphatic carbocycles. The molecule has 0 saturated carbocycles. The van der Waals surface area contributed by atoms with E-state index in [1.54, 1.807) is 0 Å². The van der Waals surface area contributed by atoms with Crippen LogP contribution < -0.4 is 0 Å². The summed E-state index contributed by atoms with van der Waals surface area (Å²) < 4.78 is 0. The molecule has 0 spiro atoms.